The predicted molar refractivity (Wildman–Crippen MR) is 75.4 cm³/mol. The van der Waals surface area contributed by atoms with Crippen molar-refractivity contribution in [2.75, 3.05) is 0 Å². The van der Waals surface area contributed by atoms with Crippen molar-refractivity contribution >= 4 is 33.9 Å². The van der Waals surface area contributed by atoms with Gasteiger partial charge < -0.3 is 10.4 Å². The van der Waals surface area contributed by atoms with Gasteiger partial charge in [0.1, 0.15) is 11.9 Å². The fourth-order valence-corrected chi connectivity index (χ4v) is 2.20. The summed E-state index contributed by atoms with van der Waals surface area (Å²) in [5.74, 6) is -2.02. The van der Waals surface area contributed by atoms with Gasteiger partial charge in [-0.2, -0.15) is 0 Å². The highest BCUT2D eigenvalue weighted by molar-refractivity contribution is 9.10. The van der Waals surface area contributed by atoms with Crippen LogP contribution in [-0.4, -0.2) is 23.0 Å². The van der Waals surface area contributed by atoms with E-state index < -0.39 is 23.7 Å². The second-order valence-corrected chi connectivity index (χ2v) is 5.58. The molecule has 0 aliphatic heterocycles. The van der Waals surface area contributed by atoms with E-state index in [9.17, 15) is 14.0 Å². The number of amides is 1. The van der Waals surface area contributed by atoms with E-state index in [0.29, 0.717) is 4.47 Å². The Morgan fingerprint density at radius 2 is 2.15 bits per heavy atom. The minimum Gasteiger partial charge on any atom is -0.480 e. The summed E-state index contributed by atoms with van der Waals surface area (Å²) in [5, 5.41) is 11.4. The number of carboxylic acid groups (broad SMARTS) is 1. The van der Waals surface area contributed by atoms with Gasteiger partial charge >= 0.3 is 5.97 Å². The third-order valence-corrected chi connectivity index (χ3v) is 3.52. The Balaban J connectivity index is 2.01. The molecule has 1 saturated carbocycles. The molecule has 1 aromatic rings. The lowest BCUT2D eigenvalue weighted by molar-refractivity contribution is -0.141. The fraction of sp³-hybridized carbons (Fsp3) is 0.286. The molecule has 1 aliphatic carbocycles. The van der Waals surface area contributed by atoms with Gasteiger partial charge in [0.2, 0.25) is 5.91 Å². The van der Waals surface area contributed by atoms with E-state index in [1.54, 1.807) is 6.07 Å². The van der Waals surface area contributed by atoms with Crippen LogP contribution in [0.3, 0.4) is 0 Å². The molecule has 1 atom stereocenters. The first-order valence-electron chi connectivity index (χ1n) is 6.14. The molecule has 2 rings (SSSR count). The molecule has 106 valence electrons. The SMILES string of the molecule is O=C(C=Cc1cc(Br)ccc1F)NC(C(=O)O)C1CC1. The highest BCUT2D eigenvalue weighted by atomic mass is 79.9. The summed E-state index contributed by atoms with van der Waals surface area (Å²) in [6, 6.07) is 3.51. The van der Waals surface area contributed by atoms with Gasteiger partial charge in [0.05, 0.1) is 0 Å². The highest BCUT2D eigenvalue weighted by Crippen LogP contribution is 2.32. The number of aliphatic carboxylic acids is 1. The predicted octanol–water partition coefficient (Wildman–Crippen LogP) is 2.58. The molecule has 0 heterocycles. The van der Waals surface area contributed by atoms with Crippen molar-refractivity contribution in [3.63, 3.8) is 0 Å². The maximum absolute atomic E-state index is 13.5. The molecule has 0 aromatic heterocycles. The van der Waals surface area contributed by atoms with Crippen LogP contribution in [0.5, 0.6) is 0 Å². The number of halogens is 2. The number of carbonyl (C=O) groups is 2. The summed E-state index contributed by atoms with van der Waals surface area (Å²) in [7, 11) is 0. The largest absolute Gasteiger partial charge is 0.480 e. The molecule has 0 bridgehead atoms. The van der Waals surface area contributed by atoms with Crippen molar-refractivity contribution in [1.29, 1.82) is 0 Å². The molecular weight excluding hydrogens is 329 g/mol. The van der Waals surface area contributed by atoms with Gasteiger partial charge in [0.15, 0.2) is 0 Å². The molecular formula is C14H13BrFNO3. The number of hydrogen-bond acceptors (Lipinski definition) is 2. The lowest BCUT2D eigenvalue weighted by Gasteiger charge is -2.11. The second-order valence-electron chi connectivity index (χ2n) is 4.66. The Morgan fingerprint density at radius 1 is 1.45 bits per heavy atom. The lowest BCUT2D eigenvalue weighted by atomic mass is 10.1. The van der Waals surface area contributed by atoms with Gasteiger partial charge in [-0.15, -0.1) is 0 Å². The summed E-state index contributed by atoms with van der Waals surface area (Å²) < 4.78 is 14.1. The van der Waals surface area contributed by atoms with E-state index in [-0.39, 0.29) is 11.5 Å². The maximum atomic E-state index is 13.5. The zero-order valence-electron chi connectivity index (χ0n) is 10.5. The molecule has 1 aliphatic rings. The van der Waals surface area contributed by atoms with Crippen molar-refractivity contribution in [2.45, 2.75) is 18.9 Å². The van der Waals surface area contributed by atoms with E-state index in [2.05, 4.69) is 21.2 Å². The number of nitrogens with one attached hydrogen (secondary N) is 1. The van der Waals surface area contributed by atoms with E-state index in [1.807, 2.05) is 0 Å². The second kappa shape index (κ2) is 6.17. The van der Waals surface area contributed by atoms with Crippen LogP contribution in [0.2, 0.25) is 0 Å². The summed E-state index contributed by atoms with van der Waals surface area (Å²) in [5.41, 5.74) is 0.257. The third-order valence-electron chi connectivity index (χ3n) is 3.03. The number of carbonyl (C=O) groups excluding carboxylic acids is 1. The Labute approximate surface area is 123 Å². The average molecular weight is 342 g/mol. The van der Waals surface area contributed by atoms with Crippen LogP contribution in [0.4, 0.5) is 4.39 Å². The Bertz CT molecular complexity index is 570. The smallest absolute Gasteiger partial charge is 0.326 e. The van der Waals surface area contributed by atoms with Crippen LogP contribution < -0.4 is 5.32 Å². The Morgan fingerprint density at radius 3 is 2.75 bits per heavy atom. The topological polar surface area (TPSA) is 66.4 Å². The molecule has 20 heavy (non-hydrogen) atoms. The van der Waals surface area contributed by atoms with Gasteiger partial charge in [-0.05, 0) is 43.0 Å². The first kappa shape index (κ1) is 14.7. The number of hydrogen-bond donors (Lipinski definition) is 2. The van der Waals surface area contributed by atoms with Gasteiger partial charge in [-0.25, -0.2) is 9.18 Å². The lowest BCUT2D eigenvalue weighted by Crippen LogP contribution is -2.41. The van der Waals surface area contributed by atoms with E-state index >= 15 is 0 Å². The van der Waals surface area contributed by atoms with Crippen LogP contribution in [-0.2, 0) is 9.59 Å². The molecule has 0 radical (unpaired) electrons. The van der Waals surface area contributed by atoms with Crippen molar-refractivity contribution in [2.24, 2.45) is 5.92 Å². The molecule has 2 N–H and O–H groups in total. The van der Waals surface area contributed by atoms with Crippen LogP contribution in [0.1, 0.15) is 18.4 Å². The van der Waals surface area contributed by atoms with Crippen LogP contribution >= 0.6 is 15.9 Å². The van der Waals surface area contributed by atoms with Gasteiger partial charge in [0.25, 0.3) is 0 Å². The van der Waals surface area contributed by atoms with Crippen LogP contribution in [0.15, 0.2) is 28.7 Å². The van der Waals surface area contributed by atoms with E-state index in [4.69, 9.17) is 5.11 Å². The summed E-state index contributed by atoms with van der Waals surface area (Å²) in [4.78, 5) is 22.6. The molecule has 6 heteroatoms. The number of benzene rings is 1. The quantitative estimate of drug-likeness (QED) is 0.809. The van der Waals surface area contributed by atoms with Crippen LogP contribution in [0.25, 0.3) is 6.08 Å². The van der Waals surface area contributed by atoms with E-state index in [0.717, 1.165) is 18.9 Å². The summed E-state index contributed by atoms with van der Waals surface area (Å²) >= 11 is 3.21. The summed E-state index contributed by atoms with van der Waals surface area (Å²) in [6.07, 6.45) is 4.08. The Kier molecular flexibility index (Phi) is 4.54. The van der Waals surface area contributed by atoms with Gasteiger partial charge in [-0.1, -0.05) is 15.9 Å². The van der Waals surface area contributed by atoms with Gasteiger partial charge in [-0.3, -0.25) is 4.79 Å². The zero-order chi connectivity index (χ0) is 14.7. The molecule has 1 aromatic carbocycles. The first-order valence-corrected chi connectivity index (χ1v) is 6.93. The van der Waals surface area contributed by atoms with E-state index in [1.165, 1.54) is 18.2 Å². The van der Waals surface area contributed by atoms with Gasteiger partial charge in [0, 0.05) is 16.1 Å². The fourth-order valence-electron chi connectivity index (χ4n) is 1.82. The molecule has 1 amide bonds. The number of rotatable bonds is 5. The summed E-state index contributed by atoms with van der Waals surface area (Å²) in [6.45, 7) is 0. The highest BCUT2D eigenvalue weighted by Gasteiger charge is 2.36. The third kappa shape index (κ3) is 3.90. The molecule has 1 unspecified atom stereocenters. The number of carboxylic acids is 1. The van der Waals surface area contributed by atoms with Crippen molar-refractivity contribution in [3.8, 4) is 0 Å². The molecule has 1 fully saturated rings. The minimum atomic E-state index is -1.04. The molecule has 4 nitrogen and oxygen atoms in total. The standard InChI is InChI=1S/C14H13BrFNO3/c15-10-4-5-11(16)9(7-10)3-6-12(18)17-13(14(19)20)8-1-2-8/h3-8,13H,1-2H2,(H,17,18)(H,19,20). The molecule has 0 saturated heterocycles. The monoisotopic (exact) mass is 341 g/mol. The zero-order valence-corrected chi connectivity index (χ0v) is 12.1. The maximum Gasteiger partial charge on any atom is 0.326 e. The normalized spacial score (nSPS) is 16.1. The molecule has 0 spiro atoms. The van der Waals surface area contributed by atoms with Crippen molar-refractivity contribution in [3.05, 3.63) is 40.1 Å². The van der Waals surface area contributed by atoms with Crippen molar-refractivity contribution in [1.82, 2.24) is 5.32 Å². The van der Waals surface area contributed by atoms with Crippen LogP contribution in [0, 0.1) is 11.7 Å². The first-order chi connectivity index (χ1) is 9.47. The average Bonchev–Trinajstić information content (AvgIpc) is 3.21. The Hall–Kier alpha value is -1.69. The van der Waals surface area contributed by atoms with Crippen molar-refractivity contribution < 1.29 is 19.1 Å². The minimum absolute atomic E-state index is 0.00690.